The van der Waals surface area contributed by atoms with Gasteiger partial charge in [-0.25, -0.2) is 0 Å². The first-order valence-corrected chi connectivity index (χ1v) is 11.3. The molecule has 7 heteroatoms. The van der Waals surface area contributed by atoms with Crippen LogP contribution >= 0.6 is 31.9 Å². The van der Waals surface area contributed by atoms with Crippen LogP contribution in [0.3, 0.4) is 0 Å². The molecule has 156 valence electrons. The van der Waals surface area contributed by atoms with Crippen LogP contribution < -0.4 is 10.6 Å². The van der Waals surface area contributed by atoms with Crippen LogP contribution in [-0.2, 0) is 6.18 Å². The highest BCUT2D eigenvalue weighted by Gasteiger charge is 2.37. The van der Waals surface area contributed by atoms with Gasteiger partial charge < -0.3 is 0 Å². The normalized spacial score (nSPS) is 16.7. The molecule has 2 rings (SSSR count). The number of halogens is 5. The molecule has 0 amide bonds. The molecule has 1 aromatic carbocycles. The standard InChI is InChI=1S/C21H27Br2F3N2/c1-3-5-11-27-20(28-12-6-4-2)10-9-15(13-19(20)23)17-14-16(22)7-8-18(17)21(24,25)26/h7-9,13-14,27-28H,3-6,10-12H2,1-2H3. The highest BCUT2D eigenvalue weighted by Crippen LogP contribution is 2.40. The number of rotatable bonds is 9. The minimum atomic E-state index is -4.40. The maximum Gasteiger partial charge on any atom is 0.417 e. The second-order valence-corrected chi connectivity index (χ2v) is 8.78. The number of unbranched alkanes of at least 4 members (excludes halogenated alkanes) is 2. The second kappa shape index (κ2) is 10.4. The lowest BCUT2D eigenvalue weighted by Gasteiger charge is -2.38. The zero-order valence-electron chi connectivity index (χ0n) is 16.2. The quantitative estimate of drug-likeness (QED) is 0.268. The zero-order valence-corrected chi connectivity index (χ0v) is 19.4. The summed E-state index contributed by atoms with van der Waals surface area (Å²) in [5, 5.41) is 7.14. The molecule has 0 saturated heterocycles. The van der Waals surface area contributed by atoms with E-state index in [2.05, 4.69) is 56.3 Å². The van der Waals surface area contributed by atoms with Crippen LogP contribution in [0.2, 0.25) is 0 Å². The van der Waals surface area contributed by atoms with Crippen LogP contribution in [0.5, 0.6) is 0 Å². The average Bonchev–Trinajstić information content (AvgIpc) is 2.63. The summed E-state index contributed by atoms with van der Waals surface area (Å²) in [7, 11) is 0. The third-order valence-electron chi connectivity index (χ3n) is 4.83. The highest BCUT2D eigenvalue weighted by molar-refractivity contribution is 9.11. The van der Waals surface area contributed by atoms with E-state index in [1.807, 2.05) is 6.08 Å². The van der Waals surface area contributed by atoms with Crippen molar-refractivity contribution in [1.82, 2.24) is 10.6 Å². The molecule has 0 spiro atoms. The van der Waals surface area contributed by atoms with E-state index >= 15 is 0 Å². The van der Waals surface area contributed by atoms with E-state index in [0.717, 1.165) is 49.3 Å². The topological polar surface area (TPSA) is 24.1 Å². The molecule has 1 aliphatic rings. The second-order valence-electron chi connectivity index (χ2n) is 7.01. The first-order chi connectivity index (χ1) is 13.2. The fraction of sp³-hybridized carbons (Fsp3) is 0.524. The van der Waals surface area contributed by atoms with Crippen molar-refractivity contribution in [1.29, 1.82) is 0 Å². The number of alkyl halides is 3. The van der Waals surface area contributed by atoms with E-state index in [9.17, 15) is 13.2 Å². The Morgan fingerprint density at radius 2 is 1.64 bits per heavy atom. The van der Waals surface area contributed by atoms with Gasteiger partial charge in [0, 0.05) is 15.4 Å². The van der Waals surface area contributed by atoms with Crippen molar-refractivity contribution in [2.45, 2.75) is 57.8 Å². The molecule has 0 atom stereocenters. The first kappa shape index (κ1) is 23.6. The van der Waals surface area contributed by atoms with Crippen LogP contribution in [0.4, 0.5) is 13.2 Å². The molecule has 1 aliphatic carbocycles. The highest BCUT2D eigenvalue weighted by atomic mass is 79.9. The van der Waals surface area contributed by atoms with E-state index in [1.165, 1.54) is 12.1 Å². The van der Waals surface area contributed by atoms with Crippen molar-refractivity contribution >= 4 is 37.4 Å². The predicted octanol–water partition coefficient (Wildman–Crippen LogP) is 7.01. The monoisotopic (exact) mass is 522 g/mol. The summed E-state index contributed by atoms with van der Waals surface area (Å²) in [5.74, 6) is 0. The van der Waals surface area contributed by atoms with Gasteiger partial charge in [0.15, 0.2) is 0 Å². The van der Waals surface area contributed by atoms with Gasteiger partial charge in [-0.15, -0.1) is 0 Å². The lowest BCUT2D eigenvalue weighted by molar-refractivity contribution is -0.137. The lowest BCUT2D eigenvalue weighted by Crippen LogP contribution is -2.58. The number of allylic oxidation sites excluding steroid dienone is 2. The van der Waals surface area contributed by atoms with Crippen LogP contribution in [0, 0.1) is 0 Å². The Labute approximate surface area is 182 Å². The van der Waals surface area contributed by atoms with Crippen molar-refractivity contribution in [3.8, 4) is 0 Å². The van der Waals surface area contributed by atoms with Crippen molar-refractivity contribution in [3.05, 3.63) is 50.4 Å². The number of benzene rings is 1. The van der Waals surface area contributed by atoms with Gasteiger partial charge in [0.2, 0.25) is 0 Å². The molecule has 28 heavy (non-hydrogen) atoms. The molecule has 2 nitrogen and oxygen atoms in total. The summed E-state index contributed by atoms with van der Waals surface area (Å²) in [5.41, 5.74) is -0.331. The summed E-state index contributed by atoms with van der Waals surface area (Å²) in [4.78, 5) is 0. The summed E-state index contributed by atoms with van der Waals surface area (Å²) in [6, 6.07) is 4.09. The summed E-state index contributed by atoms with van der Waals surface area (Å²) >= 11 is 6.95. The lowest BCUT2D eigenvalue weighted by atomic mass is 9.90. The van der Waals surface area contributed by atoms with Crippen LogP contribution in [0.15, 0.2) is 39.3 Å². The Hall–Kier alpha value is -0.630. The Bertz CT molecular complexity index is 717. The largest absolute Gasteiger partial charge is 0.417 e. The maximum absolute atomic E-state index is 13.5. The van der Waals surface area contributed by atoms with Gasteiger partial charge in [-0.3, -0.25) is 10.6 Å². The molecule has 2 N–H and O–H groups in total. The maximum atomic E-state index is 13.5. The smallest absolute Gasteiger partial charge is 0.295 e. The fourth-order valence-electron chi connectivity index (χ4n) is 3.20. The predicted molar refractivity (Wildman–Crippen MR) is 117 cm³/mol. The SMILES string of the molecule is CCCCNC1(NCCCC)CC=C(c2cc(Br)ccc2C(F)(F)F)C=C1Br. The number of hydrogen-bond donors (Lipinski definition) is 2. The molecule has 0 saturated carbocycles. The van der Waals surface area contributed by atoms with E-state index < -0.39 is 17.4 Å². The minimum Gasteiger partial charge on any atom is -0.295 e. The van der Waals surface area contributed by atoms with Gasteiger partial charge in [0.25, 0.3) is 0 Å². The van der Waals surface area contributed by atoms with Gasteiger partial charge in [0.1, 0.15) is 5.66 Å². The molecule has 1 aromatic rings. The molecular weight excluding hydrogens is 497 g/mol. The molecule has 0 heterocycles. The summed E-state index contributed by atoms with van der Waals surface area (Å²) in [6.45, 7) is 5.95. The van der Waals surface area contributed by atoms with Gasteiger partial charge >= 0.3 is 6.18 Å². The third kappa shape index (κ3) is 5.94. The van der Waals surface area contributed by atoms with Gasteiger partial charge in [-0.05, 0) is 61.3 Å². The minimum absolute atomic E-state index is 0.189. The van der Waals surface area contributed by atoms with Crippen LogP contribution in [0.25, 0.3) is 5.57 Å². The van der Waals surface area contributed by atoms with Crippen LogP contribution in [0.1, 0.15) is 57.1 Å². The number of nitrogens with one attached hydrogen (secondary N) is 2. The molecule has 0 aromatic heterocycles. The van der Waals surface area contributed by atoms with E-state index in [-0.39, 0.29) is 5.56 Å². The molecule has 0 bridgehead atoms. The average molecular weight is 524 g/mol. The summed E-state index contributed by atoms with van der Waals surface area (Å²) in [6.07, 6.45) is 4.09. The van der Waals surface area contributed by atoms with E-state index in [0.29, 0.717) is 16.5 Å². The Kier molecular flexibility index (Phi) is 8.80. The molecule has 0 radical (unpaired) electrons. The van der Waals surface area contributed by atoms with Crippen molar-refractivity contribution in [2.24, 2.45) is 0 Å². The molecule has 0 aliphatic heterocycles. The van der Waals surface area contributed by atoms with Crippen molar-refractivity contribution in [3.63, 3.8) is 0 Å². The van der Waals surface area contributed by atoms with Crippen LogP contribution in [-0.4, -0.2) is 18.8 Å². The van der Waals surface area contributed by atoms with Crippen molar-refractivity contribution < 1.29 is 13.2 Å². The Morgan fingerprint density at radius 3 is 2.14 bits per heavy atom. The zero-order chi connectivity index (χ0) is 20.8. The summed E-state index contributed by atoms with van der Waals surface area (Å²) < 4.78 is 41.9. The third-order valence-corrected chi connectivity index (χ3v) is 6.23. The van der Waals surface area contributed by atoms with E-state index in [1.54, 1.807) is 6.08 Å². The fourth-order valence-corrected chi connectivity index (χ4v) is 4.25. The van der Waals surface area contributed by atoms with Gasteiger partial charge in [0.05, 0.1) is 5.56 Å². The number of hydrogen-bond acceptors (Lipinski definition) is 2. The van der Waals surface area contributed by atoms with Gasteiger partial charge in [-0.1, -0.05) is 64.6 Å². The van der Waals surface area contributed by atoms with Crippen molar-refractivity contribution in [2.75, 3.05) is 13.1 Å². The molecular formula is C21H27Br2F3N2. The molecule has 0 unspecified atom stereocenters. The van der Waals surface area contributed by atoms with Gasteiger partial charge in [-0.2, -0.15) is 13.2 Å². The Balaban J connectivity index is 2.35. The molecule has 0 fully saturated rings. The first-order valence-electron chi connectivity index (χ1n) is 9.68. The Morgan fingerprint density at radius 1 is 1.04 bits per heavy atom. The van der Waals surface area contributed by atoms with E-state index in [4.69, 9.17) is 0 Å².